The largest absolute Gasteiger partial charge is 0.383 e. The van der Waals surface area contributed by atoms with Gasteiger partial charge in [-0.1, -0.05) is 6.92 Å². The van der Waals surface area contributed by atoms with E-state index in [4.69, 9.17) is 12.2 Å². The number of likely N-dealkylation sites (N-methyl/N-ethyl adjacent to an activating group) is 1. The van der Waals surface area contributed by atoms with Gasteiger partial charge in [0, 0.05) is 45.3 Å². The summed E-state index contributed by atoms with van der Waals surface area (Å²) in [7, 11) is 0. The minimum absolute atomic E-state index is 0.709. The molecule has 124 valence electrons. The number of piperazine rings is 1. The molecule has 1 aromatic heterocycles. The van der Waals surface area contributed by atoms with Crippen molar-refractivity contribution < 1.29 is 0 Å². The van der Waals surface area contributed by atoms with E-state index in [1.54, 1.807) is 0 Å². The Morgan fingerprint density at radius 2 is 2.17 bits per heavy atom. The monoisotopic (exact) mass is 332 g/mol. The minimum atomic E-state index is 0.709. The van der Waals surface area contributed by atoms with Crippen molar-refractivity contribution in [2.45, 2.75) is 20.3 Å². The van der Waals surface area contributed by atoms with Gasteiger partial charge in [0.2, 0.25) is 0 Å². The number of aryl methyl sites for hydroxylation is 1. The van der Waals surface area contributed by atoms with E-state index in [0.29, 0.717) is 5.11 Å². The maximum Gasteiger partial charge on any atom is 0.189 e. The second-order valence-electron chi connectivity index (χ2n) is 5.92. The Morgan fingerprint density at radius 3 is 2.91 bits per heavy atom. The van der Waals surface area contributed by atoms with E-state index in [1.165, 1.54) is 5.56 Å². The molecule has 2 N–H and O–H groups in total. The molecule has 0 aliphatic carbocycles. The molecule has 6 nitrogen and oxygen atoms in total. The molecule has 2 aliphatic heterocycles. The average molecular weight is 332 g/mol. The lowest BCUT2D eigenvalue weighted by atomic mass is 10.0. The number of hydrogen-bond donors (Lipinski definition) is 2. The zero-order valence-electron chi connectivity index (χ0n) is 13.8. The highest BCUT2D eigenvalue weighted by Crippen LogP contribution is 2.23. The van der Waals surface area contributed by atoms with Crippen LogP contribution >= 0.6 is 12.2 Å². The molecule has 3 rings (SSSR count). The molecule has 0 bridgehead atoms. The first kappa shape index (κ1) is 16.1. The lowest BCUT2D eigenvalue weighted by Gasteiger charge is -2.35. The highest BCUT2D eigenvalue weighted by Gasteiger charge is 2.20. The molecule has 0 saturated carbocycles. The number of anilines is 1. The van der Waals surface area contributed by atoms with Gasteiger partial charge >= 0.3 is 0 Å². The van der Waals surface area contributed by atoms with Gasteiger partial charge in [-0.25, -0.2) is 0 Å². The van der Waals surface area contributed by atoms with Crippen molar-refractivity contribution in [1.82, 2.24) is 20.2 Å². The molecule has 1 saturated heterocycles. The van der Waals surface area contributed by atoms with Crippen LogP contribution in [-0.2, 0) is 0 Å². The third-order valence-corrected chi connectivity index (χ3v) is 4.84. The average Bonchev–Trinajstić information content (AvgIpc) is 2.60. The third-order valence-electron chi connectivity index (χ3n) is 4.49. The molecule has 0 radical (unpaired) electrons. The van der Waals surface area contributed by atoms with Gasteiger partial charge in [-0.2, -0.15) is 5.10 Å². The molecule has 7 heteroatoms. The van der Waals surface area contributed by atoms with E-state index in [0.717, 1.165) is 62.8 Å². The molecule has 0 aromatic carbocycles. The summed E-state index contributed by atoms with van der Waals surface area (Å²) in [5.41, 5.74) is 7.26. The zero-order valence-corrected chi connectivity index (χ0v) is 14.6. The first-order chi connectivity index (χ1) is 11.2. The van der Waals surface area contributed by atoms with Gasteiger partial charge in [0.25, 0.3) is 0 Å². The highest BCUT2D eigenvalue weighted by molar-refractivity contribution is 7.80. The number of nitrogens with zero attached hydrogens (tertiary/aromatic N) is 4. The normalized spacial score (nSPS) is 20.1. The van der Waals surface area contributed by atoms with Gasteiger partial charge in [-0.05, 0) is 37.3 Å². The van der Waals surface area contributed by atoms with Crippen LogP contribution in [0.1, 0.15) is 24.6 Å². The van der Waals surface area contributed by atoms with Crippen molar-refractivity contribution in [1.29, 1.82) is 0 Å². The Hall–Kier alpha value is -1.73. The van der Waals surface area contributed by atoms with E-state index >= 15 is 0 Å². The predicted octanol–water partition coefficient (Wildman–Crippen LogP) is 1.42. The van der Waals surface area contributed by atoms with Crippen LogP contribution in [0.4, 0.5) is 5.69 Å². The molecule has 0 spiro atoms. The number of thiocarbonyl (C=S) groups is 1. The molecule has 0 amide bonds. The van der Waals surface area contributed by atoms with Crippen LogP contribution < -0.4 is 10.7 Å². The van der Waals surface area contributed by atoms with Crippen molar-refractivity contribution in [2.75, 3.05) is 44.6 Å². The van der Waals surface area contributed by atoms with Gasteiger partial charge in [0.15, 0.2) is 5.11 Å². The first-order valence-electron chi connectivity index (χ1n) is 8.22. The van der Waals surface area contributed by atoms with Crippen LogP contribution in [0.5, 0.6) is 0 Å². The second kappa shape index (κ2) is 7.23. The molecule has 3 heterocycles. The fourth-order valence-electron chi connectivity index (χ4n) is 2.99. The number of hydrazone groups is 1. The van der Waals surface area contributed by atoms with Gasteiger partial charge < -0.3 is 15.1 Å². The predicted molar refractivity (Wildman–Crippen MR) is 98.0 cm³/mol. The molecule has 0 atom stereocenters. The third kappa shape index (κ3) is 3.61. The molecule has 2 aliphatic rings. The van der Waals surface area contributed by atoms with Crippen molar-refractivity contribution in [3.05, 3.63) is 23.5 Å². The maximum absolute atomic E-state index is 5.49. The number of fused-ring (bicyclic) bond motifs is 1. The number of hydrogen-bond acceptors (Lipinski definition) is 5. The summed E-state index contributed by atoms with van der Waals surface area (Å²) < 4.78 is 0. The number of pyridine rings is 1. The standard InChI is InChI=1S/C16H24N6S/c1-3-21-8-10-22(11-9-21)16(23)20-19-13-5-7-17-14-12(2)4-6-18-15(13)14/h4,6,17H,3,5,7-11H2,1-2H3,(H,20,23)/b19-13-. The minimum Gasteiger partial charge on any atom is -0.383 e. The fourth-order valence-corrected chi connectivity index (χ4v) is 3.21. The van der Waals surface area contributed by atoms with Gasteiger partial charge in [-0.3, -0.25) is 10.4 Å². The van der Waals surface area contributed by atoms with Crippen LogP contribution in [-0.4, -0.2) is 64.9 Å². The van der Waals surface area contributed by atoms with E-state index in [2.05, 4.69) is 44.5 Å². The van der Waals surface area contributed by atoms with Crippen LogP contribution in [0.2, 0.25) is 0 Å². The summed E-state index contributed by atoms with van der Waals surface area (Å²) in [6, 6.07) is 2.01. The summed E-state index contributed by atoms with van der Waals surface area (Å²) >= 11 is 5.49. The first-order valence-corrected chi connectivity index (χ1v) is 8.63. The molecule has 1 aromatic rings. The molecule has 1 fully saturated rings. The van der Waals surface area contributed by atoms with Crippen molar-refractivity contribution >= 4 is 28.7 Å². The zero-order chi connectivity index (χ0) is 16.2. The molecule has 23 heavy (non-hydrogen) atoms. The van der Waals surface area contributed by atoms with Crippen LogP contribution in [0, 0.1) is 6.92 Å². The summed E-state index contributed by atoms with van der Waals surface area (Å²) in [6.45, 7) is 10.3. The summed E-state index contributed by atoms with van der Waals surface area (Å²) in [6.07, 6.45) is 2.68. The van der Waals surface area contributed by atoms with Crippen molar-refractivity contribution in [3.63, 3.8) is 0 Å². The lowest BCUT2D eigenvalue weighted by Crippen LogP contribution is -2.50. The van der Waals surface area contributed by atoms with Crippen LogP contribution in [0.25, 0.3) is 0 Å². The van der Waals surface area contributed by atoms with Crippen molar-refractivity contribution in [3.8, 4) is 0 Å². The smallest absolute Gasteiger partial charge is 0.189 e. The Labute approximate surface area is 142 Å². The summed E-state index contributed by atoms with van der Waals surface area (Å²) in [5.74, 6) is 0. The van der Waals surface area contributed by atoms with Gasteiger partial charge in [0.1, 0.15) is 5.69 Å². The lowest BCUT2D eigenvalue weighted by molar-refractivity contribution is 0.189. The Balaban J connectivity index is 1.65. The van der Waals surface area contributed by atoms with E-state index in [1.807, 2.05) is 12.3 Å². The van der Waals surface area contributed by atoms with Crippen LogP contribution in [0.15, 0.2) is 17.4 Å². The molecular formula is C16H24N6S. The van der Waals surface area contributed by atoms with Gasteiger partial charge in [0.05, 0.1) is 11.4 Å². The Kier molecular flexibility index (Phi) is 5.07. The number of rotatable bonds is 2. The molecule has 0 unspecified atom stereocenters. The van der Waals surface area contributed by atoms with E-state index in [9.17, 15) is 0 Å². The quantitative estimate of drug-likeness (QED) is 0.631. The molecular weight excluding hydrogens is 308 g/mol. The van der Waals surface area contributed by atoms with E-state index in [-0.39, 0.29) is 0 Å². The summed E-state index contributed by atoms with van der Waals surface area (Å²) in [5, 5.41) is 8.66. The fraction of sp³-hybridized carbons (Fsp3) is 0.562. The second-order valence-corrected chi connectivity index (χ2v) is 6.31. The van der Waals surface area contributed by atoms with Crippen LogP contribution in [0.3, 0.4) is 0 Å². The highest BCUT2D eigenvalue weighted by atomic mass is 32.1. The number of nitrogens with one attached hydrogen (secondary N) is 2. The SMILES string of the molecule is CCN1CCN(C(=S)N/N=C2/CCNc3c(C)ccnc32)CC1. The van der Waals surface area contributed by atoms with Gasteiger partial charge in [-0.15, -0.1) is 0 Å². The Morgan fingerprint density at radius 1 is 1.39 bits per heavy atom. The van der Waals surface area contributed by atoms with E-state index < -0.39 is 0 Å². The maximum atomic E-state index is 5.49. The topological polar surface area (TPSA) is 55.8 Å². The summed E-state index contributed by atoms with van der Waals surface area (Å²) in [4.78, 5) is 9.10. The number of aromatic nitrogens is 1. The Bertz CT molecular complexity index is 607. The van der Waals surface area contributed by atoms with Crippen molar-refractivity contribution in [2.24, 2.45) is 5.10 Å².